The van der Waals surface area contributed by atoms with Gasteiger partial charge in [-0.2, -0.15) is 4.98 Å². The lowest BCUT2D eigenvalue weighted by Gasteiger charge is -2.06. The normalized spacial score (nSPS) is 9.94. The summed E-state index contributed by atoms with van der Waals surface area (Å²) in [6.07, 6.45) is 2.17. The molecular weight excluding hydrogens is 216 g/mol. The topological polar surface area (TPSA) is 52.1 Å². The number of carbonyl (C=O) groups is 1. The molecule has 2 rings (SSSR count). The van der Waals surface area contributed by atoms with Crippen LogP contribution in [-0.4, -0.2) is 22.9 Å². The highest BCUT2D eigenvalue weighted by Crippen LogP contribution is 2.19. The third kappa shape index (κ3) is 2.47. The van der Waals surface area contributed by atoms with E-state index in [4.69, 9.17) is 4.74 Å². The number of ether oxygens (including phenoxy) is 1. The Morgan fingerprint density at radius 3 is 2.71 bits per heavy atom. The van der Waals surface area contributed by atoms with Crippen molar-refractivity contribution >= 4 is 6.29 Å². The van der Waals surface area contributed by atoms with Gasteiger partial charge in [-0.15, -0.1) is 0 Å². The fourth-order valence-electron chi connectivity index (χ4n) is 1.43. The van der Waals surface area contributed by atoms with Gasteiger partial charge in [0, 0.05) is 11.8 Å². The lowest BCUT2D eigenvalue weighted by atomic mass is 10.2. The molecule has 0 unspecified atom stereocenters. The molecule has 0 spiro atoms. The number of hydrogen-bond acceptors (Lipinski definition) is 4. The summed E-state index contributed by atoms with van der Waals surface area (Å²) in [6, 6.07) is 9.56. The van der Waals surface area contributed by atoms with Gasteiger partial charge in [0.1, 0.15) is 0 Å². The molecule has 4 nitrogen and oxygen atoms in total. The lowest BCUT2D eigenvalue weighted by Crippen LogP contribution is -2.01. The Hall–Kier alpha value is -2.23. The van der Waals surface area contributed by atoms with Crippen molar-refractivity contribution in [2.24, 2.45) is 0 Å². The Balaban J connectivity index is 2.43. The third-order valence-corrected chi connectivity index (χ3v) is 2.22. The molecule has 4 heteroatoms. The summed E-state index contributed by atoms with van der Waals surface area (Å²) in [4.78, 5) is 19.2. The second-order valence-electron chi connectivity index (χ2n) is 3.37. The van der Waals surface area contributed by atoms with Crippen LogP contribution >= 0.6 is 0 Å². The average molecular weight is 228 g/mol. The van der Waals surface area contributed by atoms with Crippen LogP contribution in [0, 0.1) is 0 Å². The summed E-state index contributed by atoms with van der Waals surface area (Å²) in [5.41, 5.74) is 1.26. The number of aldehydes is 1. The van der Waals surface area contributed by atoms with Crippen molar-refractivity contribution in [1.29, 1.82) is 0 Å². The average Bonchev–Trinajstić information content (AvgIpc) is 2.40. The quantitative estimate of drug-likeness (QED) is 0.754. The number of hydrogen-bond donors (Lipinski definition) is 0. The van der Waals surface area contributed by atoms with Gasteiger partial charge in [-0.1, -0.05) is 30.3 Å². The summed E-state index contributed by atoms with van der Waals surface area (Å²) in [5, 5.41) is 0. The van der Waals surface area contributed by atoms with E-state index in [0.29, 0.717) is 30.2 Å². The maximum atomic E-state index is 10.8. The van der Waals surface area contributed by atoms with E-state index in [1.807, 2.05) is 37.3 Å². The second-order valence-corrected chi connectivity index (χ2v) is 3.37. The first-order valence-corrected chi connectivity index (χ1v) is 5.35. The van der Waals surface area contributed by atoms with Gasteiger partial charge in [-0.25, -0.2) is 4.98 Å². The van der Waals surface area contributed by atoms with Crippen LogP contribution in [0.4, 0.5) is 0 Å². The van der Waals surface area contributed by atoms with E-state index >= 15 is 0 Å². The van der Waals surface area contributed by atoms with Gasteiger partial charge in [0.15, 0.2) is 12.1 Å². The van der Waals surface area contributed by atoms with Crippen molar-refractivity contribution in [2.45, 2.75) is 6.92 Å². The molecule has 17 heavy (non-hydrogen) atoms. The van der Waals surface area contributed by atoms with Crippen molar-refractivity contribution in [3.63, 3.8) is 0 Å². The van der Waals surface area contributed by atoms with Crippen LogP contribution in [0.5, 0.6) is 5.88 Å². The minimum absolute atomic E-state index is 0.330. The molecule has 0 saturated carbocycles. The van der Waals surface area contributed by atoms with Gasteiger partial charge in [-0.3, -0.25) is 4.79 Å². The zero-order chi connectivity index (χ0) is 12.1. The molecule has 0 aliphatic rings. The predicted octanol–water partition coefficient (Wildman–Crippen LogP) is 2.35. The SMILES string of the molecule is CCOc1nc(-c2ccccc2)ncc1C=O. The number of aromatic nitrogens is 2. The number of carbonyl (C=O) groups excluding carboxylic acids is 1. The first kappa shape index (κ1) is 11.3. The van der Waals surface area contributed by atoms with E-state index in [1.54, 1.807) is 0 Å². The van der Waals surface area contributed by atoms with E-state index in [-0.39, 0.29) is 0 Å². The molecule has 1 aromatic carbocycles. The Kier molecular flexibility index (Phi) is 3.45. The highest BCUT2D eigenvalue weighted by molar-refractivity contribution is 5.78. The zero-order valence-electron chi connectivity index (χ0n) is 9.46. The van der Waals surface area contributed by atoms with Crippen molar-refractivity contribution in [1.82, 2.24) is 9.97 Å². The molecule has 0 atom stereocenters. The molecular formula is C13H12N2O2. The number of benzene rings is 1. The van der Waals surface area contributed by atoms with Crippen LogP contribution in [0.3, 0.4) is 0 Å². The van der Waals surface area contributed by atoms with Crippen LogP contribution in [0.25, 0.3) is 11.4 Å². The van der Waals surface area contributed by atoms with Gasteiger partial charge in [-0.05, 0) is 6.92 Å². The van der Waals surface area contributed by atoms with Gasteiger partial charge in [0.05, 0.1) is 12.2 Å². The Morgan fingerprint density at radius 1 is 1.29 bits per heavy atom. The Bertz CT molecular complexity index is 512. The molecule has 0 N–H and O–H groups in total. The van der Waals surface area contributed by atoms with Gasteiger partial charge in [0.25, 0.3) is 0 Å². The number of nitrogens with zero attached hydrogens (tertiary/aromatic N) is 2. The van der Waals surface area contributed by atoms with E-state index in [2.05, 4.69) is 9.97 Å². The molecule has 0 saturated heterocycles. The highest BCUT2D eigenvalue weighted by atomic mass is 16.5. The first-order chi connectivity index (χ1) is 8.35. The second kappa shape index (κ2) is 5.21. The van der Waals surface area contributed by atoms with Gasteiger partial charge >= 0.3 is 0 Å². The minimum atomic E-state index is 0.330. The van der Waals surface area contributed by atoms with E-state index in [9.17, 15) is 4.79 Å². The van der Waals surface area contributed by atoms with Crippen LogP contribution in [-0.2, 0) is 0 Å². The molecule has 0 radical (unpaired) electrons. The standard InChI is InChI=1S/C13H12N2O2/c1-2-17-13-11(9-16)8-14-12(15-13)10-6-4-3-5-7-10/h3-9H,2H2,1H3. The summed E-state index contributed by atoms with van der Waals surface area (Å²) in [5.74, 6) is 0.885. The smallest absolute Gasteiger partial charge is 0.227 e. The summed E-state index contributed by atoms with van der Waals surface area (Å²) in [6.45, 7) is 2.31. The van der Waals surface area contributed by atoms with Crippen LogP contribution in [0.2, 0.25) is 0 Å². The molecule has 0 amide bonds. The first-order valence-electron chi connectivity index (χ1n) is 5.35. The predicted molar refractivity (Wildman–Crippen MR) is 64.0 cm³/mol. The molecule has 86 valence electrons. The minimum Gasteiger partial charge on any atom is -0.477 e. The summed E-state index contributed by atoms with van der Waals surface area (Å²) in [7, 11) is 0. The lowest BCUT2D eigenvalue weighted by molar-refractivity contribution is 0.111. The van der Waals surface area contributed by atoms with Crippen molar-refractivity contribution in [3.8, 4) is 17.3 Å². The number of rotatable bonds is 4. The molecule has 0 fully saturated rings. The van der Waals surface area contributed by atoms with Crippen molar-refractivity contribution in [2.75, 3.05) is 6.61 Å². The molecule has 2 aromatic rings. The fraction of sp³-hybridized carbons (Fsp3) is 0.154. The van der Waals surface area contributed by atoms with Crippen LogP contribution in [0.15, 0.2) is 36.5 Å². The maximum Gasteiger partial charge on any atom is 0.227 e. The largest absolute Gasteiger partial charge is 0.477 e. The molecule has 1 heterocycles. The van der Waals surface area contributed by atoms with E-state index < -0.39 is 0 Å². The monoisotopic (exact) mass is 228 g/mol. The highest BCUT2D eigenvalue weighted by Gasteiger charge is 2.08. The summed E-state index contributed by atoms with van der Waals surface area (Å²) < 4.78 is 5.31. The van der Waals surface area contributed by atoms with Gasteiger partial charge in [0.2, 0.25) is 5.88 Å². The van der Waals surface area contributed by atoms with E-state index in [0.717, 1.165) is 5.56 Å². The third-order valence-electron chi connectivity index (χ3n) is 2.22. The maximum absolute atomic E-state index is 10.8. The Labute approximate surface area is 99.3 Å². The summed E-state index contributed by atoms with van der Waals surface area (Å²) >= 11 is 0. The van der Waals surface area contributed by atoms with Crippen LogP contribution < -0.4 is 4.74 Å². The molecule has 0 aliphatic heterocycles. The van der Waals surface area contributed by atoms with Crippen molar-refractivity contribution < 1.29 is 9.53 Å². The zero-order valence-corrected chi connectivity index (χ0v) is 9.46. The molecule has 0 bridgehead atoms. The van der Waals surface area contributed by atoms with Crippen molar-refractivity contribution in [3.05, 3.63) is 42.1 Å². The fourth-order valence-corrected chi connectivity index (χ4v) is 1.43. The molecule has 1 aromatic heterocycles. The molecule has 0 aliphatic carbocycles. The Morgan fingerprint density at radius 2 is 2.06 bits per heavy atom. The van der Waals surface area contributed by atoms with E-state index in [1.165, 1.54) is 6.20 Å². The van der Waals surface area contributed by atoms with Gasteiger partial charge < -0.3 is 4.74 Å². The van der Waals surface area contributed by atoms with Crippen LogP contribution in [0.1, 0.15) is 17.3 Å².